The summed E-state index contributed by atoms with van der Waals surface area (Å²) in [6, 6.07) is 10.2. The lowest BCUT2D eigenvalue weighted by Crippen LogP contribution is -2.44. The van der Waals surface area contributed by atoms with Gasteiger partial charge in [-0.2, -0.15) is 0 Å². The number of nitrogens with zero attached hydrogens (tertiary/aromatic N) is 4. The number of ketones is 2. The molecule has 0 bridgehead atoms. The van der Waals surface area contributed by atoms with E-state index in [-0.39, 0.29) is 158 Å². The normalized spacial score (nSPS) is 16.4. The molecule has 4 aromatic rings. The molecule has 91 heavy (non-hydrogen) atoms. The van der Waals surface area contributed by atoms with Crippen molar-refractivity contribution in [2.24, 2.45) is 0 Å². The molecule has 3 atom stereocenters. The fraction of sp³-hybridized carbons (Fsp3) is 0.508. The van der Waals surface area contributed by atoms with E-state index in [0.717, 1.165) is 16.0 Å². The maximum absolute atomic E-state index is 15.5. The van der Waals surface area contributed by atoms with Crippen LogP contribution in [0, 0.1) is 12.7 Å². The predicted molar refractivity (Wildman–Crippen MR) is 325 cm³/mol. The Morgan fingerprint density at radius 1 is 0.802 bits per heavy atom. The van der Waals surface area contributed by atoms with Gasteiger partial charge in [-0.1, -0.05) is 43.7 Å². The lowest BCUT2D eigenvalue weighted by atomic mass is 9.81. The highest BCUT2D eigenvalue weighted by Gasteiger charge is 2.46. The second-order valence-corrected chi connectivity index (χ2v) is 22.9. The first-order chi connectivity index (χ1) is 43.8. The summed E-state index contributed by atoms with van der Waals surface area (Å²) in [5.41, 5.74) is 2.13. The fourth-order valence-corrected chi connectivity index (χ4v) is 11.7. The summed E-state index contributed by atoms with van der Waals surface area (Å²) in [6.45, 7) is 3.78. The number of ether oxygens (including phenoxy) is 4. The van der Waals surface area contributed by atoms with Gasteiger partial charge in [0.15, 0.2) is 17.2 Å². The number of hydrogen-bond acceptors (Lipinski definition) is 18. The first kappa shape index (κ1) is 68.5. The summed E-state index contributed by atoms with van der Waals surface area (Å²) >= 11 is 0. The summed E-state index contributed by atoms with van der Waals surface area (Å²) in [6.07, 6.45) is 3.99. The highest BCUT2D eigenvalue weighted by molar-refractivity contribution is 6.12. The van der Waals surface area contributed by atoms with Crippen molar-refractivity contribution >= 4 is 69.8 Å². The number of benzene rings is 2. The topological polar surface area (TPSA) is 338 Å². The molecule has 0 spiro atoms. The van der Waals surface area contributed by atoms with Gasteiger partial charge in [-0.25, -0.2) is 14.2 Å². The Bertz CT molecular complexity index is 3480. The predicted octanol–water partition coefficient (Wildman–Crippen LogP) is 2.43. The van der Waals surface area contributed by atoms with Crippen LogP contribution in [0.15, 0.2) is 59.4 Å². The van der Waals surface area contributed by atoms with E-state index in [0.29, 0.717) is 84.3 Å². The maximum Gasteiger partial charge on any atom is 0.343 e. The largest absolute Gasteiger partial charge is 0.458 e. The number of hydrogen-bond donors (Lipinski definition) is 6. The lowest BCUT2D eigenvalue weighted by Gasteiger charge is -2.31. The van der Waals surface area contributed by atoms with Crippen molar-refractivity contribution in [1.29, 1.82) is 0 Å². The molecule has 7 amide bonds. The van der Waals surface area contributed by atoms with Crippen LogP contribution in [0.3, 0.4) is 0 Å². The number of carbonyl (C=O) groups excluding carboxylic acids is 10. The average molecular weight is 1260 g/mol. The van der Waals surface area contributed by atoms with Crippen molar-refractivity contribution in [3.05, 3.63) is 110 Å². The summed E-state index contributed by atoms with van der Waals surface area (Å²) in [7, 11) is 0. The van der Waals surface area contributed by atoms with E-state index in [1.807, 2.05) is 0 Å². The number of cyclic esters (lactones) is 1. The smallest absolute Gasteiger partial charge is 0.343 e. The van der Waals surface area contributed by atoms with Gasteiger partial charge in [-0.3, -0.25) is 52.8 Å². The number of aliphatic hydroxyl groups excluding tert-OH is 1. The van der Waals surface area contributed by atoms with Gasteiger partial charge in [0, 0.05) is 92.9 Å². The van der Waals surface area contributed by atoms with Gasteiger partial charge in [-0.15, -0.1) is 0 Å². The van der Waals surface area contributed by atoms with Crippen LogP contribution >= 0.6 is 0 Å². The van der Waals surface area contributed by atoms with Crippen LogP contribution in [-0.4, -0.2) is 173 Å². The van der Waals surface area contributed by atoms with E-state index in [2.05, 4.69) is 21.3 Å². The molecular weight excluding hydrogens is 1180 g/mol. The standard InChI is InChI=1S/C65H79FN8O17/c1-3-65(87)46-34-51-62-44(37-74(51)63(85)45(46)39-91-64(65)86)61-48(17-16-43-40(2)47(66)35-50(71-62)60(43)61)69-54(79)13-10-23-67-53(78)20-18-52(77)49(33-41-11-6-4-7-12-41)70-55(80)19-15-42(76)36-68-56(81)38-72(25-27-88-29-31-90-32-30-89-28-26-75)57(82)14-8-5-9-24-73-58(83)21-22-59(73)84/h4,6-7,11-12,21-22,34-35,48-49,75,87H,3,5,8-10,13-20,23-33,36-39H2,1-2H3,(H,67,78)(H,68,81)(H,69,79)(H,70,80)/t48?,49-,65-/m0/s1. The van der Waals surface area contributed by atoms with Gasteiger partial charge in [0.05, 0.1) is 100 Å². The van der Waals surface area contributed by atoms with E-state index in [4.69, 9.17) is 29.0 Å². The number of aryl methyl sites for hydroxylation is 1. The number of halogens is 1. The highest BCUT2D eigenvalue weighted by atomic mass is 19.1. The monoisotopic (exact) mass is 1260 g/mol. The quantitative estimate of drug-likeness (QED) is 0.0189. The molecule has 1 aliphatic carbocycles. The van der Waals surface area contributed by atoms with Gasteiger partial charge in [-0.05, 0) is 80.2 Å². The number of pyridine rings is 2. The Balaban J connectivity index is 0.782. The van der Waals surface area contributed by atoms with Gasteiger partial charge < -0.3 is 59.9 Å². The summed E-state index contributed by atoms with van der Waals surface area (Å²) in [4.78, 5) is 151. The number of amides is 7. The average Bonchev–Trinajstić information content (AvgIpc) is 1.62. The van der Waals surface area contributed by atoms with Crippen LogP contribution in [0.4, 0.5) is 4.39 Å². The number of fused-ring (bicyclic) bond motifs is 5. The van der Waals surface area contributed by atoms with Gasteiger partial charge >= 0.3 is 5.97 Å². The maximum atomic E-state index is 15.5. The summed E-state index contributed by atoms with van der Waals surface area (Å²) in [5, 5.41) is 32.0. The molecule has 6 N–H and O–H groups in total. The number of Topliss-reactive ketones (excluding diaryl/α,β-unsaturated/α-hetero) is 2. The van der Waals surface area contributed by atoms with Crippen LogP contribution in [0.5, 0.6) is 0 Å². The number of esters is 1. The fourth-order valence-electron chi connectivity index (χ4n) is 11.7. The SMILES string of the molecule is CC[C@@]1(O)C(=O)OCc2c1cc1n(c2=O)Cc2c-1nc1cc(F)c(C)c3c1c2C(NC(=O)CCCNC(=O)CCC(=O)[C@H](Cc1ccccc1)NC(=O)CCC(=O)CNC(=O)CN(CCOCCOCCOCCO)C(=O)CCCCCN1C(=O)C=CC1=O)CC3. The molecule has 0 fully saturated rings. The van der Waals surface area contributed by atoms with Crippen LogP contribution in [0.2, 0.25) is 0 Å². The molecule has 26 heteroatoms. The van der Waals surface area contributed by atoms with Crippen molar-refractivity contribution in [1.82, 2.24) is 40.6 Å². The van der Waals surface area contributed by atoms with E-state index in [9.17, 15) is 57.8 Å². The molecule has 0 radical (unpaired) electrons. The number of rotatable bonds is 37. The number of unbranched alkanes of at least 4 members (excludes halogenated alkanes) is 2. The molecule has 25 nitrogen and oxygen atoms in total. The molecule has 4 aliphatic rings. The minimum Gasteiger partial charge on any atom is -0.458 e. The summed E-state index contributed by atoms with van der Waals surface area (Å²) in [5.74, 6) is -5.39. The Morgan fingerprint density at radius 2 is 1.52 bits per heavy atom. The second kappa shape index (κ2) is 32.5. The molecule has 2 aromatic carbocycles. The molecular formula is C65H79FN8O17. The second-order valence-electron chi connectivity index (χ2n) is 22.9. The van der Waals surface area contributed by atoms with Crippen molar-refractivity contribution in [2.75, 3.05) is 79.0 Å². The van der Waals surface area contributed by atoms with Gasteiger partial charge in [0.25, 0.3) is 17.4 Å². The zero-order valence-electron chi connectivity index (χ0n) is 51.3. The molecule has 488 valence electrons. The number of aliphatic hydroxyl groups is 2. The molecule has 0 saturated heterocycles. The zero-order valence-corrected chi connectivity index (χ0v) is 51.3. The Morgan fingerprint density at radius 3 is 2.24 bits per heavy atom. The van der Waals surface area contributed by atoms with E-state index in [1.165, 1.54) is 27.7 Å². The molecule has 5 heterocycles. The van der Waals surface area contributed by atoms with Crippen LogP contribution < -0.4 is 26.8 Å². The number of nitrogens with one attached hydrogen (secondary N) is 4. The minimum absolute atomic E-state index is 0.00775. The molecule has 2 aromatic heterocycles. The van der Waals surface area contributed by atoms with Crippen molar-refractivity contribution in [3.8, 4) is 11.4 Å². The Kier molecular flexibility index (Phi) is 24.5. The van der Waals surface area contributed by atoms with Crippen LogP contribution in [0.1, 0.15) is 129 Å². The first-order valence-corrected chi connectivity index (χ1v) is 31.0. The van der Waals surface area contributed by atoms with Gasteiger partial charge in [0.1, 0.15) is 12.4 Å². The Hall–Kier alpha value is -8.43. The highest BCUT2D eigenvalue weighted by Crippen LogP contribution is 2.46. The van der Waals surface area contributed by atoms with Crippen molar-refractivity contribution < 1.29 is 81.5 Å². The number of imide groups is 1. The van der Waals surface area contributed by atoms with E-state index in [1.54, 1.807) is 50.2 Å². The third-order valence-corrected chi connectivity index (χ3v) is 16.7. The minimum atomic E-state index is -2.05. The van der Waals surface area contributed by atoms with Gasteiger partial charge in [0.2, 0.25) is 29.5 Å². The van der Waals surface area contributed by atoms with Crippen molar-refractivity contribution in [3.63, 3.8) is 0 Å². The lowest BCUT2D eigenvalue weighted by molar-refractivity contribution is -0.172. The van der Waals surface area contributed by atoms with Crippen LogP contribution in [0.25, 0.3) is 22.3 Å². The molecule has 1 unspecified atom stereocenters. The zero-order chi connectivity index (χ0) is 65.2. The third-order valence-electron chi connectivity index (χ3n) is 16.7. The Labute approximate surface area is 524 Å². The van der Waals surface area contributed by atoms with Crippen molar-refractivity contribution in [2.45, 2.75) is 135 Å². The third kappa shape index (κ3) is 17.5. The van der Waals surface area contributed by atoms with E-state index >= 15 is 4.39 Å². The number of carbonyl (C=O) groups is 10. The summed E-state index contributed by atoms with van der Waals surface area (Å²) < 4.78 is 38.4. The first-order valence-electron chi connectivity index (χ1n) is 31.0. The number of aromatic nitrogens is 2. The molecule has 3 aliphatic heterocycles. The molecule has 0 saturated carbocycles. The molecule has 8 rings (SSSR count). The van der Waals surface area contributed by atoms with E-state index < -0.39 is 77.4 Å². The van der Waals surface area contributed by atoms with Crippen LogP contribution in [-0.2, 0) is 98.5 Å².